The Kier molecular flexibility index (Phi) is 6.21. The molecule has 1 amide bonds. The Labute approximate surface area is 163 Å². The van der Waals surface area contributed by atoms with Crippen LogP contribution >= 0.6 is 11.6 Å². The minimum absolute atomic E-state index is 0.0529. The van der Waals surface area contributed by atoms with Gasteiger partial charge in [0.2, 0.25) is 11.9 Å². The fraction of sp³-hybridized carbons (Fsp3) is 0.526. The van der Waals surface area contributed by atoms with Crippen molar-refractivity contribution in [3.05, 3.63) is 22.7 Å². The Morgan fingerprint density at radius 1 is 1.30 bits per heavy atom. The summed E-state index contributed by atoms with van der Waals surface area (Å²) in [4.78, 5) is 28.9. The molecule has 146 valence electrons. The van der Waals surface area contributed by atoms with E-state index in [4.69, 9.17) is 21.1 Å². The summed E-state index contributed by atoms with van der Waals surface area (Å²) in [6.45, 7) is 4.84. The molecule has 0 aromatic heterocycles. The third kappa shape index (κ3) is 4.53. The van der Waals surface area contributed by atoms with Gasteiger partial charge in [-0.3, -0.25) is 14.9 Å². The van der Waals surface area contributed by atoms with E-state index in [1.165, 1.54) is 6.92 Å². The van der Waals surface area contributed by atoms with E-state index in [1.807, 2.05) is 24.0 Å². The van der Waals surface area contributed by atoms with Crippen molar-refractivity contribution < 1.29 is 19.1 Å². The molecule has 1 unspecified atom stereocenters. The molecule has 1 N–H and O–H groups in total. The van der Waals surface area contributed by atoms with Crippen LogP contribution in [0.25, 0.3) is 0 Å². The molecule has 2 aliphatic rings. The minimum Gasteiger partial charge on any atom is -0.492 e. The molecule has 27 heavy (non-hydrogen) atoms. The van der Waals surface area contributed by atoms with E-state index in [2.05, 4.69) is 10.3 Å². The smallest absolute Gasteiger partial charge is 0.302 e. The number of nitrogens with one attached hydrogen (secondary N) is 1. The summed E-state index contributed by atoms with van der Waals surface area (Å²) in [5, 5.41) is 3.34. The van der Waals surface area contributed by atoms with Gasteiger partial charge in [0.25, 0.3) is 0 Å². The number of halogens is 1. The van der Waals surface area contributed by atoms with Gasteiger partial charge >= 0.3 is 5.97 Å². The number of ether oxygens (including phenoxy) is 2. The van der Waals surface area contributed by atoms with Crippen LogP contribution in [0.5, 0.6) is 5.75 Å². The maximum Gasteiger partial charge on any atom is 0.302 e. The van der Waals surface area contributed by atoms with Crippen molar-refractivity contribution in [2.75, 3.05) is 13.2 Å². The van der Waals surface area contributed by atoms with Crippen molar-refractivity contribution in [3.8, 4) is 5.75 Å². The predicted molar refractivity (Wildman–Crippen MR) is 102 cm³/mol. The van der Waals surface area contributed by atoms with Gasteiger partial charge in [0, 0.05) is 12.5 Å². The summed E-state index contributed by atoms with van der Waals surface area (Å²) >= 11 is 6.54. The highest BCUT2D eigenvalue weighted by molar-refractivity contribution is 6.33. The molecule has 0 aliphatic carbocycles. The first-order valence-electron chi connectivity index (χ1n) is 9.21. The first-order chi connectivity index (χ1) is 13.0. The van der Waals surface area contributed by atoms with Crippen LogP contribution in [0.3, 0.4) is 0 Å². The Morgan fingerprint density at radius 2 is 2.04 bits per heavy atom. The molecular formula is C19H24ClN3O4. The zero-order valence-corrected chi connectivity index (χ0v) is 16.3. The molecule has 3 rings (SSSR count). The predicted octanol–water partition coefficient (Wildman–Crippen LogP) is 3.16. The van der Waals surface area contributed by atoms with Gasteiger partial charge in [-0.05, 0) is 44.7 Å². The largest absolute Gasteiger partial charge is 0.492 e. The standard InChI is InChI=1S/C19H24ClN3O4/c1-12-18(25)22-19-21-15-7-8-16(17(20)14(15)11-23(12)19)27-10-6-4-3-5-9-26-13(2)24/h7-8,12H,3-6,9-11H2,1-2H3,(H,21,22,25). The lowest BCUT2D eigenvalue weighted by Crippen LogP contribution is -2.35. The zero-order valence-electron chi connectivity index (χ0n) is 15.6. The Morgan fingerprint density at radius 3 is 2.78 bits per heavy atom. The number of fused-ring (bicyclic) bond motifs is 2. The topological polar surface area (TPSA) is 80.2 Å². The van der Waals surface area contributed by atoms with Crippen molar-refractivity contribution in [3.63, 3.8) is 0 Å². The summed E-state index contributed by atoms with van der Waals surface area (Å²) in [5.41, 5.74) is 1.64. The van der Waals surface area contributed by atoms with E-state index >= 15 is 0 Å². The van der Waals surface area contributed by atoms with Crippen LogP contribution in [0.4, 0.5) is 5.69 Å². The number of carbonyl (C=O) groups excluding carboxylic acids is 2. The molecule has 1 saturated heterocycles. The highest BCUT2D eigenvalue weighted by Crippen LogP contribution is 2.39. The van der Waals surface area contributed by atoms with Gasteiger partial charge in [0.05, 0.1) is 30.5 Å². The van der Waals surface area contributed by atoms with E-state index in [0.717, 1.165) is 36.9 Å². The Hall–Kier alpha value is -2.28. The van der Waals surface area contributed by atoms with Crippen LogP contribution in [0.2, 0.25) is 5.02 Å². The van der Waals surface area contributed by atoms with Crippen molar-refractivity contribution in [1.82, 2.24) is 10.2 Å². The molecule has 1 fully saturated rings. The van der Waals surface area contributed by atoms with Crippen LogP contribution in [-0.2, 0) is 20.9 Å². The molecule has 8 heteroatoms. The second kappa shape index (κ2) is 8.61. The van der Waals surface area contributed by atoms with Crippen LogP contribution in [0.1, 0.15) is 45.1 Å². The van der Waals surface area contributed by atoms with Gasteiger partial charge in [-0.2, -0.15) is 0 Å². The lowest BCUT2D eigenvalue weighted by Gasteiger charge is -2.27. The molecule has 1 aromatic rings. The van der Waals surface area contributed by atoms with Crippen molar-refractivity contribution >= 4 is 35.1 Å². The average Bonchev–Trinajstić information content (AvgIpc) is 2.91. The number of unbranched alkanes of at least 4 members (excludes halogenated alkanes) is 3. The van der Waals surface area contributed by atoms with E-state index in [0.29, 0.717) is 36.5 Å². The van der Waals surface area contributed by atoms with Crippen LogP contribution in [0.15, 0.2) is 17.1 Å². The summed E-state index contributed by atoms with van der Waals surface area (Å²) < 4.78 is 10.7. The highest BCUT2D eigenvalue weighted by atomic mass is 35.5. The quantitative estimate of drug-likeness (QED) is 0.542. The van der Waals surface area contributed by atoms with Gasteiger partial charge in [0.15, 0.2) is 0 Å². The van der Waals surface area contributed by atoms with E-state index < -0.39 is 0 Å². The Bertz CT molecular complexity index is 766. The number of hydrogen-bond acceptors (Lipinski definition) is 6. The van der Waals surface area contributed by atoms with Crippen LogP contribution in [0, 0.1) is 0 Å². The third-order valence-electron chi connectivity index (χ3n) is 4.69. The molecule has 7 nitrogen and oxygen atoms in total. The number of esters is 1. The molecule has 1 aromatic carbocycles. The summed E-state index contributed by atoms with van der Waals surface area (Å²) in [6, 6.07) is 3.43. The van der Waals surface area contributed by atoms with Crippen molar-refractivity contribution in [2.45, 2.75) is 52.1 Å². The molecule has 0 spiro atoms. The number of aliphatic imine (C=N–C) groups is 1. The van der Waals surface area contributed by atoms with Gasteiger partial charge in [0.1, 0.15) is 11.8 Å². The molecule has 2 heterocycles. The first kappa shape index (κ1) is 19.5. The van der Waals surface area contributed by atoms with Gasteiger partial charge < -0.3 is 14.4 Å². The Balaban J connectivity index is 1.50. The number of hydrogen-bond donors (Lipinski definition) is 1. The van der Waals surface area contributed by atoms with Gasteiger partial charge in [-0.15, -0.1) is 0 Å². The van der Waals surface area contributed by atoms with Crippen molar-refractivity contribution in [1.29, 1.82) is 0 Å². The van der Waals surface area contributed by atoms with Gasteiger partial charge in [-0.25, -0.2) is 4.99 Å². The normalized spacial score (nSPS) is 17.7. The third-order valence-corrected chi connectivity index (χ3v) is 5.11. The van der Waals surface area contributed by atoms with E-state index in [-0.39, 0.29) is 17.9 Å². The average molecular weight is 394 g/mol. The summed E-state index contributed by atoms with van der Waals surface area (Å²) in [6.07, 6.45) is 3.74. The fourth-order valence-electron chi connectivity index (χ4n) is 3.11. The monoisotopic (exact) mass is 393 g/mol. The van der Waals surface area contributed by atoms with Gasteiger partial charge in [-0.1, -0.05) is 11.6 Å². The number of benzene rings is 1. The fourth-order valence-corrected chi connectivity index (χ4v) is 3.39. The molecular weight excluding hydrogens is 370 g/mol. The molecule has 1 atom stereocenters. The molecule has 2 aliphatic heterocycles. The second-order valence-electron chi connectivity index (χ2n) is 6.71. The summed E-state index contributed by atoms with van der Waals surface area (Å²) in [5.74, 6) is 0.932. The number of amides is 1. The first-order valence-corrected chi connectivity index (χ1v) is 9.59. The number of rotatable bonds is 8. The molecule has 0 radical (unpaired) electrons. The van der Waals surface area contributed by atoms with Crippen molar-refractivity contribution in [2.24, 2.45) is 4.99 Å². The second-order valence-corrected chi connectivity index (χ2v) is 7.08. The SMILES string of the molecule is CC(=O)OCCCCCCOc1ccc2c(c1Cl)CN1C(=N2)NC(=O)C1C. The molecule has 0 bridgehead atoms. The van der Waals surface area contributed by atoms with E-state index in [1.54, 1.807) is 0 Å². The zero-order chi connectivity index (χ0) is 19.4. The molecule has 0 saturated carbocycles. The number of nitrogens with zero attached hydrogens (tertiary/aromatic N) is 2. The number of guanidine groups is 1. The maximum atomic E-state index is 11.8. The lowest BCUT2D eigenvalue weighted by atomic mass is 10.1. The lowest BCUT2D eigenvalue weighted by molar-refractivity contribution is -0.141. The summed E-state index contributed by atoms with van der Waals surface area (Å²) in [7, 11) is 0. The highest BCUT2D eigenvalue weighted by Gasteiger charge is 2.36. The minimum atomic E-state index is -0.260. The van der Waals surface area contributed by atoms with Crippen LogP contribution in [-0.4, -0.2) is 42.0 Å². The van der Waals surface area contributed by atoms with E-state index in [9.17, 15) is 9.59 Å². The number of carbonyl (C=O) groups is 2. The maximum absolute atomic E-state index is 11.8. The van der Waals surface area contributed by atoms with Crippen LogP contribution < -0.4 is 10.1 Å².